The maximum absolute atomic E-state index is 12.0. The van der Waals surface area contributed by atoms with Gasteiger partial charge in [-0.15, -0.1) is 0 Å². The molecular formula is C48H76N6O23. The molecule has 2 aromatic carbocycles. The second-order valence-electron chi connectivity index (χ2n) is 16.5. The standard InChI is InChI=1S/C48H76N6O23/c49-52-46(55)75-27-35-1-3-38-40(25-35)68-18-15-61-8-7-60-11-14-65-32-43(72-24-23-67-38)45-34-74-41-26-36(28-76-47(56)53-50)2-4-39(41)73-33-44(69-19-16-62-17-20-70-45)42-31-64-13-10-59-6-5-58-9-12-63-29-37(66-21-22-71-42)30-77-48(57)54-51/h1-4,25-26,37,42-45H,5-24,27-34,49-51H2,(H,52,55)(H,53,56)(H,54,57). The minimum Gasteiger partial charge on any atom is -0.487 e. The highest BCUT2D eigenvalue weighted by Crippen LogP contribution is 2.31. The van der Waals surface area contributed by atoms with Gasteiger partial charge >= 0.3 is 18.3 Å². The summed E-state index contributed by atoms with van der Waals surface area (Å²) >= 11 is 0. The average Bonchev–Trinajstić information content (AvgIpc) is 3.45. The zero-order valence-corrected chi connectivity index (χ0v) is 43.3. The fourth-order valence-electron chi connectivity index (χ4n) is 7.09. The van der Waals surface area contributed by atoms with Gasteiger partial charge in [0.15, 0.2) is 23.0 Å². The molecule has 0 saturated carbocycles. The van der Waals surface area contributed by atoms with Crippen molar-refractivity contribution in [1.29, 1.82) is 0 Å². The van der Waals surface area contributed by atoms with E-state index in [4.69, 9.17) is 112 Å². The summed E-state index contributed by atoms with van der Waals surface area (Å²) in [5.74, 6) is 17.0. The van der Waals surface area contributed by atoms with Crippen molar-refractivity contribution in [2.24, 2.45) is 17.5 Å². The van der Waals surface area contributed by atoms with E-state index >= 15 is 0 Å². The van der Waals surface area contributed by atoms with E-state index in [9.17, 15) is 14.4 Å². The molecule has 436 valence electrons. The van der Waals surface area contributed by atoms with Gasteiger partial charge in [-0.2, -0.15) is 0 Å². The lowest BCUT2D eigenvalue weighted by Gasteiger charge is -2.29. The van der Waals surface area contributed by atoms with Gasteiger partial charge in [0.2, 0.25) is 0 Å². The lowest BCUT2D eigenvalue weighted by Crippen LogP contribution is -2.42. The van der Waals surface area contributed by atoms with Crippen LogP contribution in [-0.2, 0) is 89.0 Å². The van der Waals surface area contributed by atoms with E-state index in [1.807, 2.05) is 16.3 Å². The number of ether oxygens (including phenoxy) is 20. The van der Waals surface area contributed by atoms with Gasteiger partial charge in [-0.05, 0) is 35.4 Å². The van der Waals surface area contributed by atoms with Gasteiger partial charge in [0.05, 0.1) is 139 Å². The third kappa shape index (κ3) is 26.3. The largest absolute Gasteiger partial charge is 0.487 e. The lowest BCUT2D eigenvalue weighted by molar-refractivity contribution is -0.141. The van der Waals surface area contributed by atoms with Crippen LogP contribution < -0.4 is 52.8 Å². The first-order chi connectivity index (χ1) is 37.8. The van der Waals surface area contributed by atoms with E-state index in [0.717, 1.165) is 0 Å². The van der Waals surface area contributed by atoms with Crippen molar-refractivity contribution in [2.75, 3.05) is 172 Å². The Labute approximate surface area is 446 Å². The molecule has 29 nitrogen and oxygen atoms in total. The normalized spacial score (nSPS) is 23.7. The van der Waals surface area contributed by atoms with Crippen molar-refractivity contribution in [2.45, 2.75) is 43.7 Å². The second kappa shape index (κ2) is 39.2. The predicted octanol–water partition coefficient (Wildman–Crippen LogP) is -0.199. The summed E-state index contributed by atoms with van der Waals surface area (Å²) in [6, 6.07) is 10.1. The fourth-order valence-corrected chi connectivity index (χ4v) is 7.09. The van der Waals surface area contributed by atoms with Crippen LogP contribution in [0.2, 0.25) is 0 Å². The SMILES string of the molecule is NNC(=O)OCc1ccc2c(c1)OCCOCCOCCOCC(C1COc3cc(COC(=O)NN)ccc3OCC(C3COCCOCCOCCOCC(COC(=O)NN)OCCO3)OCCOCCO1)OCCO2. The molecule has 0 bridgehead atoms. The van der Waals surface area contributed by atoms with Gasteiger partial charge in [-0.3, -0.25) is 16.3 Å². The van der Waals surface area contributed by atoms with Crippen LogP contribution in [0.15, 0.2) is 36.4 Å². The van der Waals surface area contributed by atoms with Crippen molar-refractivity contribution in [3.63, 3.8) is 0 Å². The number of carbonyl (C=O) groups is 3. The third-order valence-electron chi connectivity index (χ3n) is 10.9. The van der Waals surface area contributed by atoms with Crippen LogP contribution in [0.4, 0.5) is 14.4 Å². The molecule has 2 aromatic rings. The molecule has 3 heterocycles. The maximum atomic E-state index is 12.0. The third-order valence-corrected chi connectivity index (χ3v) is 10.9. The number of rotatable bonds is 8. The maximum Gasteiger partial charge on any atom is 0.421 e. The van der Waals surface area contributed by atoms with Gasteiger partial charge in [-0.25, -0.2) is 31.9 Å². The predicted molar refractivity (Wildman–Crippen MR) is 264 cm³/mol. The molecule has 29 heteroatoms. The summed E-state index contributed by atoms with van der Waals surface area (Å²) in [5.41, 5.74) is 6.96. The number of hydrogen-bond acceptors (Lipinski definition) is 26. The number of hydrogen-bond donors (Lipinski definition) is 6. The van der Waals surface area contributed by atoms with E-state index in [1.54, 1.807) is 36.4 Å². The summed E-state index contributed by atoms with van der Waals surface area (Å²) in [5, 5.41) is 0. The number of fused-ring (bicyclic) bond motifs is 2. The number of benzene rings is 2. The molecule has 9 N–H and O–H groups in total. The Kier molecular flexibility index (Phi) is 31.9. The second-order valence-corrected chi connectivity index (χ2v) is 16.5. The van der Waals surface area contributed by atoms with Crippen LogP contribution in [0.1, 0.15) is 11.1 Å². The molecule has 1 saturated heterocycles. The number of nitrogens with one attached hydrogen (secondary N) is 3. The summed E-state index contributed by atoms with van der Waals surface area (Å²) in [6.45, 7) is 4.10. The van der Waals surface area contributed by atoms with Crippen LogP contribution in [0, 0.1) is 0 Å². The van der Waals surface area contributed by atoms with E-state index in [-0.39, 0.29) is 151 Å². The Balaban J connectivity index is 1.33. The molecule has 5 atom stereocenters. The first-order valence-corrected chi connectivity index (χ1v) is 25.2. The molecule has 0 aliphatic carbocycles. The molecule has 0 aromatic heterocycles. The van der Waals surface area contributed by atoms with Gasteiger partial charge < -0.3 is 94.7 Å². The molecule has 5 rings (SSSR count). The average molecular weight is 1110 g/mol. The molecule has 5 unspecified atom stereocenters. The van der Waals surface area contributed by atoms with E-state index < -0.39 is 48.8 Å². The Hall–Kier alpha value is -5.19. The highest BCUT2D eigenvalue weighted by Gasteiger charge is 2.29. The zero-order valence-electron chi connectivity index (χ0n) is 43.3. The highest BCUT2D eigenvalue weighted by molar-refractivity contribution is 5.67. The van der Waals surface area contributed by atoms with E-state index in [0.29, 0.717) is 68.0 Å². The van der Waals surface area contributed by atoms with Gasteiger partial charge in [0.25, 0.3) is 0 Å². The first-order valence-electron chi connectivity index (χ1n) is 25.2. The Morgan fingerprint density at radius 3 is 1.22 bits per heavy atom. The fraction of sp³-hybridized carbons (Fsp3) is 0.688. The van der Waals surface area contributed by atoms with E-state index in [2.05, 4.69) is 0 Å². The summed E-state index contributed by atoms with van der Waals surface area (Å²) in [6.07, 6.45) is -6.06. The minimum atomic E-state index is -0.839. The Morgan fingerprint density at radius 2 is 0.714 bits per heavy atom. The Bertz CT molecular complexity index is 1930. The number of nitrogens with two attached hydrogens (primary N) is 3. The van der Waals surface area contributed by atoms with Crippen molar-refractivity contribution in [3.05, 3.63) is 47.5 Å². The molecule has 0 spiro atoms. The van der Waals surface area contributed by atoms with Gasteiger partial charge in [0, 0.05) is 0 Å². The summed E-state index contributed by atoms with van der Waals surface area (Å²) in [4.78, 5) is 35.3. The van der Waals surface area contributed by atoms with Crippen molar-refractivity contribution >= 4 is 18.3 Å². The van der Waals surface area contributed by atoms with E-state index in [1.165, 1.54) is 0 Å². The van der Waals surface area contributed by atoms with Crippen LogP contribution in [0.25, 0.3) is 0 Å². The first kappa shape index (κ1) is 62.7. The molecular weight excluding hydrogens is 1030 g/mol. The molecule has 0 radical (unpaired) electrons. The van der Waals surface area contributed by atoms with Crippen LogP contribution >= 0.6 is 0 Å². The molecule has 77 heavy (non-hydrogen) atoms. The highest BCUT2D eigenvalue weighted by atomic mass is 16.6. The monoisotopic (exact) mass is 1100 g/mol. The van der Waals surface area contributed by atoms with Crippen molar-refractivity contribution in [3.8, 4) is 23.0 Å². The van der Waals surface area contributed by atoms with Gasteiger partial charge in [0.1, 0.15) is 76.8 Å². The zero-order chi connectivity index (χ0) is 54.4. The minimum absolute atomic E-state index is 0.0641. The molecule has 1 fully saturated rings. The van der Waals surface area contributed by atoms with Crippen molar-refractivity contribution < 1.29 is 109 Å². The molecule has 3 amide bonds. The van der Waals surface area contributed by atoms with Crippen LogP contribution in [-0.4, -0.2) is 221 Å². The van der Waals surface area contributed by atoms with Crippen LogP contribution in [0.5, 0.6) is 23.0 Å². The number of carbonyl (C=O) groups excluding carboxylic acids is 3. The topological polar surface area (TPSA) is 350 Å². The van der Waals surface area contributed by atoms with Gasteiger partial charge in [-0.1, -0.05) is 12.1 Å². The molecule has 3 aliphatic rings. The summed E-state index contributed by atoms with van der Waals surface area (Å²) in [7, 11) is 0. The quantitative estimate of drug-likeness (QED) is 0.0863. The Morgan fingerprint density at radius 1 is 0.377 bits per heavy atom. The smallest absolute Gasteiger partial charge is 0.421 e. The van der Waals surface area contributed by atoms with Crippen molar-refractivity contribution in [1.82, 2.24) is 16.3 Å². The number of hydrazine groups is 3. The summed E-state index contributed by atoms with van der Waals surface area (Å²) < 4.78 is 119. The molecule has 3 aliphatic heterocycles. The van der Waals surface area contributed by atoms with Crippen LogP contribution in [0.3, 0.4) is 0 Å². The number of amides is 3. The lowest BCUT2D eigenvalue weighted by atomic mass is 10.2.